The Morgan fingerprint density at radius 1 is 1.29 bits per heavy atom. The first-order valence-corrected chi connectivity index (χ1v) is 9.31. The van der Waals surface area contributed by atoms with E-state index in [1.165, 1.54) is 42.2 Å². The summed E-state index contributed by atoms with van der Waals surface area (Å²) < 4.78 is 37.5. The Balaban J connectivity index is 0.00000280. The minimum atomic E-state index is -3.22. The molecular weight excluding hydrogens is 414 g/mol. The van der Waals surface area contributed by atoms with Gasteiger partial charge in [-0.2, -0.15) is 13.5 Å². The molecule has 2 atom stereocenters. The Morgan fingerprint density at radius 3 is 2.61 bits per heavy atom. The quantitative estimate of drug-likeness (QED) is 0.314. The number of alkyl halides is 2. The summed E-state index contributed by atoms with van der Waals surface area (Å²) in [4.78, 5) is 12.6. The Morgan fingerprint density at radius 2 is 2.00 bits per heavy atom. The number of aromatic nitrogens is 1. The topological polar surface area (TPSA) is 74.5 Å². The maximum atomic E-state index is 13.3. The second kappa shape index (κ2) is 10.0. The summed E-state index contributed by atoms with van der Waals surface area (Å²) >= 11 is 1.32. The van der Waals surface area contributed by atoms with Gasteiger partial charge >= 0.3 is 12.6 Å². The van der Waals surface area contributed by atoms with Crippen LogP contribution in [0.15, 0.2) is 54.7 Å². The molecule has 0 spiro atoms. The van der Waals surface area contributed by atoms with Gasteiger partial charge in [-0.1, -0.05) is 36.4 Å². The zero-order valence-electron chi connectivity index (χ0n) is 14.6. The van der Waals surface area contributed by atoms with Crippen LogP contribution in [-0.2, 0) is 26.5 Å². The molecule has 1 unspecified atom stereocenters. The van der Waals surface area contributed by atoms with Gasteiger partial charge in [0.15, 0.2) is 17.3 Å². The fraction of sp³-hybridized carbons (Fsp3) is 0.333. The second-order valence-corrected chi connectivity index (χ2v) is 7.03. The minimum Gasteiger partial charge on any atom is -0.618 e. The molecule has 1 aromatic heterocycles. The van der Waals surface area contributed by atoms with Crippen molar-refractivity contribution in [2.24, 2.45) is 0 Å². The maximum Gasteiger partial charge on any atom is 0.348 e. The number of benzene rings is 1. The van der Waals surface area contributed by atoms with Crippen LogP contribution in [0.25, 0.3) is 0 Å². The van der Waals surface area contributed by atoms with Gasteiger partial charge in [-0.15, -0.1) is 24.2 Å². The van der Waals surface area contributed by atoms with Gasteiger partial charge in [0.2, 0.25) is 0 Å². The van der Waals surface area contributed by atoms with Crippen molar-refractivity contribution in [3.63, 3.8) is 0 Å². The first kappa shape index (κ1) is 22.4. The Kier molecular flexibility index (Phi) is 7.99. The molecule has 1 N–H and O–H groups in total. The lowest BCUT2D eigenvalue weighted by atomic mass is 9.99. The monoisotopic (exact) mass is 432 g/mol. The lowest BCUT2D eigenvalue weighted by Gasteiger charge is -2.33. The molecule has 152 valence electrons. The van der Waals surface area contributed by atoms with Gasteiger partial charge in [-0.05, 0) is 0 Å². The number of ether oxygens (including phenoxy) is 2. The average Bonchev–Trinajstić information content (AvgIpc) is 3.19. The molecule has 1 saturated heterocycles. The number of rotatable bonds is 7. The average molecular weight is 433 g/mol. The fourth-order valence-electron chi connectivity index (χ4n) is 2.80. The summed E-state index contributed by atoms with van der Waals surface area (Å²) in [5.74, 6) is -2.16. The largest absolute Gasteiger partial charge is 0.618 e. The number of carbonyl (C=O) groups excluding carboxylic acids is 1. The van der Waals surface area contributed by atoms with Crippen LogP contribution in [0, 0.1) is 5.21 Å². The third kappa shape index (κ3) is 5.32. The Bertz CT molecular complexity index is 781. The molecule has 0 bridgehead atoms. The van der Waals surface area contributed by atoms with Gasteiger partial charge < -0.3 is 9.94 Å². The lowest BCUT2D eigenvalue weighted by molar-refractivity contribution is -0.616. The van der Waals surface area contributed by atoms with E-state index in [-0.39, 0.29) is 30.1 Å². The molecule has 10 heteroatoms. The molecule has 1 aromatic carbocycles. The van der Waals surface area contributed by atoms with Gasteiger partial charge in [0.1, 0.15) is 6.42 Å². The van der Waals surface area contributed by atoms with E-state index in [1.807, 2.05) is 0 Å². The van der Waals surface area contributed by atoms with E-state index in [1.54, 1.807) is 24.3 Å². The number of nitrogens with zero attached hydrogens (tertiary/aromatic N) is 1. The highest BCUT2D eigenvalue weighted by molar-refractivity contribution is 8.00. The molecule has 0 saturated carbocycles. The van der Waals surface area contributed by atoms with E-state index in [2.05, 4.69) is 5.32 Å². The molecule has 1 fully saturated rings. The van der Waals surface area contributed by atoms with Gasteiger partial charge in [0.05, 0.1) is 0 Å². The van der Waals surface area contributed by atoms with Crippen LogP contribution >= 0.6 is 24.2 Å². The standard InChI is InChI=1S/C18H18F2N2O4S.ClH/c19-17(20)26-18(13-6-2-1-3-7-13,12-14-8-4-5-10-22(14)24)25-16(23)15-21-9-11-27-15;/h1-8,10,15,17,21H,9,11-12H2;1H/t15-,18?;/m0./s1. The molecule has 6 nitrogen and oxygen atoms in total. The number of hydrogen-bond acceptors (Lipinski definition) is 6. The van der Waals surface area contributed by atoms with Crippen LogP contribution in [0.3, 0.4) is 0 Å². The molecule has 2 heterocycles. The van der Waals surface area contributed by atoms with Gasteiger partial charge in [0, 0.05) is 30.0 Å². The van der Waals surface area contributed by atoms with Crippen LogP contribution in [0.4, 0.5) is 8.78 Å². The number of halogens is 3. The third-order valence-electron chi connectivity index (χ3n) is 4.01. The highest BCUT2D eigenvalue weighted by Gasteiger charge is 2.44. The van der Waals surface area contributed by atoms with E-state index in [4.69, 9.17) is 9.47 Å². The van der Waals surface area contributed by atoms with Crippen LogP contribution in [-0.4, -0.2) is 30.3 Å². The molecular formula is C18H19ClF2N2O4S. The highest BCUT2D eigenvalue weighted by Crippen LogP contribution is 2.34. The first-order chi connectivity index (χ1) is 13.0. The van der Waals surface area contributed by atoms with Crippen molar-refractivity contribution >= 4 is 30.1 Å². The van der Waals surface area contributed by atoms with E-state index in [0.29, 0.717) is 17.0 Å². The van der Waals surface area contributed by atoms with Crippen molar-refractivity contribution in [3.8, 4) is 0 Å². The molecule has 3 rings (SSSR count). The van der Waals surface area contributed by atoms with Gasteiger partial charge in [-0.25, -0.2) is 4.79 Å². The van der Waals surface area contributed by atoms with E-state index in [0.717, 1.165) is 0 Å². The number of nitrogens with one attached hydrogen (secondary N) is 1. The normalized spacial score (nSPS) is 18.3. The first-order valence-electron chi connectivity index (χ1n) is 8.26. The van der Waals surface area contributed by atoms with Crippen molar-refractivity contribution < 1.29 is 27.8 Å². The van der Waals surface area contributed by atoms with Crippen LogP contribution < -0.4 is 10.0 Å². The van der Waals surface area contributed by atoms with Gasteiger partial charge in [-0.3, -0.25) is 10.1 Å². The van der Waals surface area contributed by atoms with Crippen molar-refractivity contribution in [1.82, 2.24) is 5.32 Å². The smallest absolute Gasteiger partial charge is 0.348 e. The molecule has 2 aromatic rings. The molecule has 0 radical (unpaired) electrons. The van der Waals surface area contributed by atoms with Crippen molar-refractivity contribution in [2.45, 2.75) is 24.2 Å². The predicted molar refractivity (Wildman–Crippen MR) is 102 cm³/mol. The summed E-state index contributed by atoms with van der Waals surface area (Å²) in [6.07, 6.45) is 0.873. The molecule has 28 heavy (non-hydrogen) atoms. The molecule has 0 aliphatic carbocycles. The van der Waals surface area contributed by atoms with Crippen molar-refractivity contribution in [2.75, 3.05) is 12.3 Å². The van der Waals surface area contributed by atoms with E-state index < -0.39 is 23.7 Å². The van der Waals surface area contributed by atoms with E-state index in [9.17, 15) is 18.8 Å². The Labute approximate surface area is 171 Å². The summed E-state index contributed by atoms with van der Waals surface area (Å²) in [5.41, 5.74) is 0.340. The maximum absolute atomic E-state index is 13.3. The molecule has 1 aliphatic heterocycles. The summed E-state index contributed by atoms with van der Waals surface area (Å²) in [6, 6.07) is 12.5. The predicted octanol–water partition coefficient (Wildman–Crippen LogP) is 2.58. The number of pyridine rings is 1. The number of esters is 1. The third-order valence-corrected chi connectivity index (χ3v) is 5.14. The van der Waals surface area contributed by atoms with Crippen LogP contribution in [0.5, 0.6) is 0 Å². The Hall–Kier alpha value is -1.94. The SMILES string of the molecule is Cl.O=C(OC(Cc1cccc[n+]1[O-])(OC(F)F)c1ccccc1)[C@H]1NCCS1. The lowest BCUT2D eigenvalue weighted by Crippen LogP contribution is -2.46. The minimum absolute atomic E-state index is 0. The fourth-order valence-corrected chi connectivity index (χ4v) is 3.69. The summed E-state index contributed by atoms with van der Waals surface area (Å²) in [7, 11) is 0. The molecule has 1 aliphatic rings. The number of thioether (sulfide) groups is 1. The van der Waals surface area contributed by atoms with Crippen molar-refractivity contribution in [3.05, 3.63) is 71.2 Å². The summed E-state index contributed by atoms with van der Waals surface area (Å²) in [5, 5.41) is 14.3. The van der Waals surface area contributed by atoms with E-state index >= 15 is 0 Å². The highest BCUT2D eigenvalue weighted by atomic mass is 35.5. The zero-order valence-corrected chi connectivity index (χ0v) is 16.3. The summed E-state index contributed by atoms with van der Waals surface area (Å²) in [6.45, 7) is -2.61. The number of carbonyl (C=O) groups is 1. The zero-order chi connectivity index (χ0) is 19.3. The van der Waals surface area contributed by atoms with Crippen LogP contribution in [0.2, 0.25) is 0 Å². The number of hydrogen-bond donors (Lipinski definition) is 1. The van der Waals surface area contributed by atoms with Crippen molar-refractivity contribution in [1.29, 1.82) is 0 Å². The van der Waals surface area contributed by atoms with Gasteiger partial charge in [0.25, 0.3) is 5.79 Å². The second-order valence-electron chi connectivity index (χ2n) is 5.82. The molecule has 0 amide bonds. The van der Waals surface area contributed by atoms with Crippen LogP contribution in [0.1, 0.15) is 11.3 Å².